The van der Waals surface area contributed by atoms with Gasteiger partial charge in [-0.1, -0.05) is 6.42 Å². The summed E-state index contributed by atoms with van der Waals surface area (Å²) in [6, 6.07) is 0. The van der Waals surface area contributed by atoms with Crippen molar-refractivity contribution in [3.8, 4) is 0 Å². The molecule has 0 aromatic heterocycles. The van der Waals surface area contributed by atoms with E-state index in [9.17, 15) is 4.57 Å². The van der Waals surface area contributed by atoms with Gasteiger partial charge >= 0.3 is 6.00 Å². The Kier molecular flexibility index (Phi) is 3.66. The van der Waals surface area contributed by atoms with Gasteiger partial charge in [0.2, 0.25) is 0 Å². The molecule has 1 rings (SSSR count). The summed E-state index contributed by atoms with van der Waals surface area (Å²) in [5, 5.41) is 4.40. The van der Waals surface area contributed by atoms with E-state index in [1.54, 1.807) is 0 Å². The molecule has 1 heterocycles. The molecule has 1 saturated heterocycles. The highest BCUT2D eigenvalue weighted by Gasteiger charge is 2.19. The molecular formula is C5H11Cl2N2OP. The Morgan fingerprint density at radius 2 is 1.73 bits per heavy atom. The topological polar surface area (TPSA) is 32.3 Å². The lowest BCUT2D eigenvalue weighted by atomic mass is 10.2. The van der Waals surface area contributed by atoms with Gasteiger partial charge in [-0.2, -0.15) is 5.20 Å². The monoisotopic (exact) mass is 216 g/mol. The van der Waals surface area contributed by atoms with Crippen molar-refractivity contribution in [1.29, 1.82) is 0 Å². The van der Waals surface area contributed by atoms with Crippen molar-refractivity contribution in [2.24, 2.45) is 0 Å². The van der Waals surface area contributed by atoms with Gasteiger partial charge in [-0.3, -0.25) is 4.57 Å². The highest BCUT2D eigenvalue weighted by molar-refractivity contribution is 8.07. The number of hydrogen-bond acceptors (Lipinski definition) is 2. The number of halogens is 2. The van der Waals surface area contributed by atoms with Crippen LogP contribution in [-0.2, 0) is 4.57 Å². The minimum absolute atomic E-state index is 0.878. The van der Waals surface area contributed by atoms with Crippen molar-refractivity contribution in [2.75, 3.05) is 13.1 Å². The number of nitrogens with one attached hydrogen (secondary N) is 1. The molecule has 1 aliphatic rings. The van der Waals surface area contributed by atoms with E-state index in [-0.39, 0.29) is 0 Å². The van der Waals surface area contributed by atoms with E-state index in [2.05, 4.69) is 5.20 Å². The minimum atomic E-state index is -3.11. The van der Waals surface area contributed by atoms with Crippen LogP contribution >= 0.6 is 28.5 Å². The van der Waals surface area contributed by atoms with Crippen molar-refractivity contribution >= 4 is 28.5 Å². The largest absolute Gasteiger partial charge is 0.332 e. The summed E-state index contributed by atoms with van der Waals surface area (Å²) >= 11 is 10.7. The van der Waals surface area contributed by atoms with Crippen LogP contribution in [0.3, 0.4) is 0 Å². The van der Waals surface area contributed by atoms with E-state index >= 15 is 0 Å². The second-order valence-corrected chi connectivity index (χ2v) is 7.11. The van der Waals surface area contributed by atoms with Gasteiger partial charge < -0.3 is 0 Å². The first-order chi connectivity index (χ1) is 5.08. The van der Waals surface area contributed by atoms with E-state index in [0.717, 1.165) is 25.9 Å². The zero-order valence-electron chi connectivity index (χ0n) is 6.09. The van der Waals surface area contributed by atoms with Crippen LogP contribution in [0.4, 0.5) is 0 Å². The SMILES string of the molecule is O=P(Cl)(Cl)NN1CCCCC1. The first kappa shape index (κ1) is 9.82. The summed E-state index contributed by atoms with van der Waals surface area (Å²) in [7, 11) is 0. The maximum absolute atomic E-state index is 10.9. The lowest BCUT2D eigenvalue weighted by Gasteiger charge is -2.26. The molecule has 1 fully saturated rings. The molecule has 1 aliphatic heterocycles. The third kappa shape index (κ3) is 4.34. The number of rotatable bonds is 2. The number of nitrogens with zero attached hydrogens (tertiary/aromatic N) is 1. The van der Waals surface area contributed by atoms with E-state index < -0.39 is 6.00 Å². The Labute approximate surface area is 76.0 Å². The minimum Gasteiger partial charge on any atom is -0.270 e. The first-order valence-corrected chi connectivity index (χ1v) is 7.12. The summed E-state index contributed by atoms with van der Waals surface area (Å²) < 4.78 is 10.9. The van der Waals surface area contributed by atoms with Crippen LogP contribution in [0.5, 0.6) is 0 Å². The van der Waals surface area contributed by atoms with Gasteiger partial charge in [-0.15, -0.1) is 0 Å². The molecule has 3 nitrogen and oxygen atoms in total. The zero-order valence-corrected chi connectivity index (χ0v) is 8.50. The maximum atomic E-state index is 10.9. The molecule has 1 N–H and O–H groups in total. The van der Waals surface area contributed by atoms with Gasteiger partial charge in [0.25, 0.3) is 0 Å². The lowest BCUT2D eigenvalue weighted by molar-refractivity contribution is 0.202. The number of hydrazine groups is 1. The van der Waals surface area contributed by atoms with Crippen molar-refractivity contribution in [3.63, 3.8) is 0 Å². The van der Waals surface area contributed by atoms with Crippen molar-refractivity contribution in [1.82, 2.24) is 10.2 Å². The maximum Gasteiger partial charge on any atom is 0.332 e. The zero-order chi connectivity index (χ0) is 8.32. The van der Waals surface area contributed by atoms with E-state index in [1.807, 2.05) is 5.01 Å². The molecule has 0 aliphatic carbocycles. The standard InChI is InChI=1S/C5H11Cl2N2OP/c6-11(7,10)8-9-4-2-1-3-5-9/h1-5H2,(H,8,10). The van der Waals surface area contributed by atoms with Crippen molar-refractivity contribution in [2.45, 2.75) is 19.3 Å². The Morgan fingerprint density at radius 1 is 1.18 bits per heavy atom. The lowest BCUT2D eigenvalue weighted by Crippen LogP contribution is -2.38. The molecule has 0 spiro atoms. The summed E-state index contributed by atoms with van der Waals surface area (Å²) in [6.07, 6.45) is 3.45. The van der Waals surface area contributed by atoms with Crippen LogP contribution in [0.1, 0.15) is 19.3 Å². The molecular weight excluding hydrogens is 206 g/mol. The van der Waals surface area contributed by atoms with Crippen molar-refractivity contribution in [3.05, 3.63) is 0 Å². The third-order valence-electron chi connectivity index (χ3n) is 1.61. The Morgan fingerprint density at radius 3 is 2.18 bits per heavy atom. The molecule has 0 amide bonds. The second kappa shape index (κ2) is 4.11. The van der Waals surface area contributed by atoms with E-state index in [1.165, 1.54) is 6.42 Å². The molecule has 0 unspecified atom stereocenters. The van der Waals surface area contributed by atoms with Gasteiger partial charge in [-0.25, -0.2) is 5.01 Å². The predicted octanol–water partition coefficient (Wildman–Crippen LogP) is 2.56. The van der Waals surface area contributed by atoms with Crippen LogP contribution in [-0.4, -0.2) is 18.1 Å². The van der Waals surface area contributed by atoms with Gasteiger partial charge in [0.05, 0.1) is 0 Å². The van der Waals surface area contributed by atoms with Gasteiger partial charge in [-0.05, 0) is 35.3 Å². The molecule has 0 radical (unpaired) electrons. The average molecular weight is 217 g/mol. The average Bonchev–Trinajstić information content (AvgIpc) is 1.85. The highest BCUT2D eigenvalue weighted by atomic mass is 35.9. The molecule has 0 atom stereocenters. The third-order valence-corrected chi connectivity index (χ3v) is 2.58. The fraction of sp³-hybridized carbons (Fsp3) is 1.00. The van der Waals surface area contributed by atoms with Gasteiger partial charge in [0, 0.05) is 13.1 Å². The summed E-state index contributed by atoms with van der Waals surface area (Å²) in [5.41, 5.74) is 0. The highest BCUT2D eigenvalue weighted by Crippen LogP contribution is 2.52. The molecule has 11 heavy (non-hydrogen) atoms. The predicted molar refractivity (Wildman–Crippen MR) is 47.9 cm³/mol. The van der Waals surface area contributed by atoms with Crippen LogP contribution in [0.2, 0.25) is 0 Å². The Hall–Kier alpha value is 0.730. The van der Waals surface area contributed by atoms with Crippen LogP contribution in [0.15, 0.2) is 0 Å². The van der Waals surface area contributed by atoms with Crippen molar-refractivity contribution < 1.29 is 4.57 Å². The second-order valence-electron chi connectivity index (χ2n) is 2.61. The summed E-state index contributed by atoms with van der Waals surface area (Å²) in [6.45, 7) is 1.76. The summed E-state index contributed by atoms with van der Waals surface area (Å²) in [4.78, 5) is 0. The molecule has 6 heteroatoms. The molecule has 66 valence electrons. The fourth-order valence-corrected chi connectivity index (χ4v) is 2.33. The molecule has 0 aromatic carbocycles. The molecule has 0 aromatic rings. The first-order valence-electron chi connectivity index (χ1n) is 3.60. The Bertz CT molecular complexity index is 166. The molecule has 0 bridgehead atoms. The Balaban J connectivity index is 2.30. The normalized spacial score (nSPS) is 22.0. The van der Waals surface area contributed by atoms with Crippen LogP contribution < -0.4 is 5.20 Å². The smallest absolute Gasteiger partial charge is 0.270 e. The number of hydrogen-bond donors (Lipinski definition) is 1. The summed E-state index contributed by atoms with van der Waals surface area (Å²) in [5.74, 6) is -3.11. The van der Waals surface area contributed by atoms with Gasteiger partial charge in [0.1, 0.15) is 0 Å². The molecule has 0 saturated carbocycles. The van der Waals surface area contributed by atoms with Gasteiger partial charge in [0.15, 0.2) is 0 Å². The number of piperidine rings is 1. The van der Waals surface area contributed by atoms with E-state index in [4.69, 9.17) is 22.5 Å². The van der Waals surface area contributed by atoms with Crippen LogP contribution in [0, 0.1) is 0 Å². The quantitative estimate of drug-likeness (QED) is 0.721. The van der Waals surface area contributed by atoms with Crippen LogP contribution in [0.25, 0.3) is 0 Å². The fourth-order valence-electron chi connectivity index (χ4n) is 1.16. The van der Waals surface area contributed by atoms with E-state index in [0.29, 0.717) is 0 Å².